The van der Waals surface area contributed by atoms with Gasteiger partial charge in [-0.25, -0.2) is 0 Å². The van der Waals surface area contributed by atoms with Crippen LogP contribution in [0.5, 0.6) is 0 Å². The largest absolute Gasteiger partial charge is 0.341 e. The molecule has 9 nitrogen and oxygen atoms in total. The summed E-state index contributed by atoms with van der Waals surface area (Å²) in [6.07, 6.45) is 2.04. The Bertz CT molecular complexity index is 1120. The van der Waals surface area contributed by atoms with Crippen LogP contribution in [0, 0.1) is 0 Å². The molecule has 1 aromatic carbocycles. The van der Waals surface area contributed by atoms with Gasteiger partial charge in [-0.05, 0) is 18.4 Å². The van der Waals surface area contributed by atoms with Gasteiger partial charge in [0.15, 0.2) is 11.2 Å². The summed E-state index contributed by atoms with van der Waals surface area (Å²) in [6, 6.07) is 10.3. The van der Waals surface area contributed by atoms with Gasteiger partial charge >= 0.3 is 0 Å². The molecular weight excluding hydrogens is 392 g/mol. The first-order chi connectivity index (χ1) is 15.1. The summed E-state index contributed by atoms with van der Waals surface area (Å²) < 4.78 is 3.70. The van der Waals surface area contributed by atoms with Crippen molar-refractivity contribution in [3.8, 4) is 0 Å². The van der Waals surface area contributed by atoms with Crippen LogP contribution in [0.1, 0.15) is 18.4 Å². The molecule has 0 bridgehead atoms. The lowest BCUT2D eigenvalue weighted by atomic mass is 10.1. The van der Waals surface area contributed by atoms with Gasteiger partial charge in [-0.2, -0.15) is 9.97 Å². The summed E-state index contributed by atoms with van der Waals surface area (Å²) in [5, 5.41) is 3.35. The van der Waals surface area contributed by atoms with Gasteiger partial charge in [0.25, 0.3) is 5.56 Å². The van der Waals surface area contributed by atoms with Crippen molar-refractivity contribution >= 4 is 23.1 Å². The molecule has 2 aliphatic rings. The molecule has 0 radical (unpaired) electrons. The van der Waals surface area contributed by atoms with Crippen LogP contribution < -0.4 is 26.4 Å². The third-order valence-corrected chi connectivity index (χ3v) is 6.27. The number of hydrogen-bond donors (Lipinski definition) is 2. The van der Waals surface area contributed by atoms with E-state index in [0.29, 0.717) is 23.7 Å². The van der Waals surface area contributed by atoms with Gasteiger partial charge in [0.05, 0.1) is 6.54 Å². The number of nitrogens with zero attached hydrogens (tertiary/aromatic N) is 6. The van der Waals surface area contributed by atoms with Gasteiger partial charge < -0.3 is 20.9 Å². The van der Waals surface area contributed by atoms with Crippen LogP contribution in [-0.4, -0.2) is 64.4 Å². The molecule has 2 aromatic heterocycles. The fraction of sp³-hybridized carbons (Fsp3) is 0.500. The molecule has 164 valence electrons. The Hall–Kier alpha value is -2.91. The number of fused-ring (bicyclic) bond motifs is 1. The van der Waals surface area contributed by atoms with E-state index >= 15 is 0 Å². The molecule has 3 aromatic rings. The van der Waals surface area contributed by atoms with Crippen molar-refractivity contribution in [2.45, 2.75) is 25.4 Å². The van der Waals surface area contributed by atoms with Crippen LogP contribution in [0.15, 0.2) is 35.1 Å². The molecule has 4 heterocycles. The first kappa shape index (κ1) is 20.0. The Morgan fingerprint density at radius 3 is 2.55 bits per heavy atom. The van der Waals surface area contributed by atoms with Crippen LogP contribution in [0.4, 0.5) is 11.9 Å². The van der Waals surface area contributed by atoms with Crippen molar-refractivity contribution in [1.29, 1.82) is 0 Å². The third kappa shape index (κ3) is 3.79. The summed E-state index contributed by atoms with van der Waals surface area (Å²) in [6.45, 7) is 5.61. The number of rotatable bonds is 4. The Morgan fingerprint density at radius 2 is 1.81 bits per heavy atom. The number of aromatic nitrogens is 4. The fourth-order valence-electron chi connectivity index (χ4n) is 4.63. The summed E-state index contributed by atoms with van der Waals surface area (Å²) in [4.78, 5) is 27.7. The number of imidazole rings is 1. The van der Waals surface area contributed by atoms with Gasteiger partial charge in [0.1, 0.15) is 0 Å². The number of nitrogens with two attached hydrogens (primary N) is 1. The van der Waals surface area contributed by atoms with Gasteiger partial charge in [-0.3, -0.25) is 13.9 Å². The summed E-state index contributed by atoms with van der Waals surface area (Å²) in [5.74, 6) is 1.47. The van der Waals surface area contributed by atoms with E-state index in [-0.39, 0.29) is 11.6 Å². The Morgan fingerprint density at radius 1 is 1.06 bits per heavy atom. The normalized spacial score (nSPS) is 19.9. The molecule has 2 aliphatic heterocycles. The maximum Gasteiger partial charge on any atom is 0.281 e. The zero-order valence-corrected chi connectivity index (χ0v) is 18.0. The fourth-order valence-corrected chi connectivity index (χ4v) is 4.63. The summed E-state index contributed by atoms with van der Waals surface area (Å²) in [5.41, 5.74) is 8.39. The van der Waals surface area contributed by atoms with E-state index in [1.165, 1.54) is 0 Å². The minimum atomic E-state index is -0.0606. The minimum absolute atomic E-state index is 0.0606. The molecule has 31 heavy (non-hydrogen) atoms. The SMILES string of the molecule is Cn1c(N2CCNCC2)nc2nc(N3CCCC(N)C3)n(Cc3ccccc3)c2c1=O. The highest BCUT2D eigenvalue weighted by atomic mass is 16.1. The molecular formula is C22H30N8O. The molecule has 0 spiro atoms. The lowest BCUT2D eigenvalue weighted by Crippen LogP contribution is -2.46. The van der Waals surface area contributed by atoms with E-state index in [9.17, 15) is 4.79 Å². The topological polar surface area (TPSA) is 97.2 Å². The lowest BCUT2D eigenvalue weighted by Gasteiger charge is -2.31. The number of piperazine rings is 1. The Labute approximate surface area is 181 Å². The average molecular weight is 423 g/mol. The van der Waals surface area contributed by atoms with Gasteiger partial charge in [0, 0.05) is 52.4 Å². The number of nitrogens with one attached hydrogen (secondary N) is 1. The molecule has 1 unspecified atom stereocenters. The van der Waals surface area contributed by atoms with Gasteiger partial charge in [-0.1, -0.05) is 30.3 Å². The highest BCUT2D eigenvalue weighted by Crippen LogP contribution is 2.25. The number of anilines is 2. The van der Waals surface area contributed by atoms with Crippen molar-refractivity contribution < 1.29 is 0 Å². The van der Waals surface area contributed by atoms with Crippen LogP contribution >= 0.6 is 0 Å². The van der Waals surface area contributed by atoms with Crippen molar-refractivity contribution in [2.24, 2.45) is 12.8 Å². The van der Waals surface area contributed by atoms with Gasteiger partial charge in [-0.15, -0.1) is 0 Å². The second kappa shape index (κ2) is 8.32. The molecule has 2 saturated heterocycles. The van der Waals surface area contributed by atoms with E-state index in [4.69, 9.17) is 15.7 Å². The second-order valence-corrected chi connectivity index (χ2v) is 8.52. The zero-order chi connectivity index (χ0) is 21.4. The van der Waals surface area contributed by atoms with E-state index in [2.05, 4.69) is 27.2 Å². The minimum Gasteiger partial charge on any atom is -0.341 e. The Balaban J connectivity index is 1.66. The summed E-state index contributed by atoms with van der Waals surface area (Å²) >= 11 is 0. The molecule has 0 aliphatic carbocycles. The first-order valence-electron chi connectivity index (χ1n) is 11.1. The van der Waals surface area contributed by atoms with E-state index < -0.39 is 0 Å². The van der Waals surface area contributed by atoms with Crippen LogP contribution in [0.2, 0.25) is 0 Å². The monoisotopic (exact) mass is 422 g/mol. The van der Waals surface area contributed by atoms with E-state index in [1.54, 1.807) is 4.57 Å². The summed E-state index contributed by atoms with van der Waals surface area (Å²) in [7, 11) is 1.81. The van der Waals surface area contributed by atoms with Crippen molar-refractivity contribution in [2.75, 3.05) is 49.1 Å². The average Bonchev–Trinajstić information content (AvgIpc) is 3.16. The third-order valence-electron chi connectivity index (χ3n) is 6.27. The standard InChI is InChI=1S/C22H30N8O/c1-27-20(31)18-19(25-21(27)28-12-9-24-10-13-28)26-22(29-11-5-8-17(23)15-29)30(18)14-16-6-3-2-4-7-16/h2-4,6-7,17,24H,5,8-15,23H2,1H3. The molecule has 3 N–H and O–H groups in total. The molecule has 0 amide bonds. The van der Waals surface area contributed by atoms with Crippen molar-refractivity contribution in [3.05, 3.63) is 46.2 Å². The van der Waals surface area contributed by atoms with Crippen LogP contribution in [0.25, 0.3) is 11.2 Å². The zero-order valence-electron chi connectivity index (χ0n) is 18.0. The predicted octanol–water partition coefficient (Wildman–Crippen LogP) is 0.515. The quantitative estimate of drug-likeness (QED) is 0.632. The van der Waals surface area contributed by atoms with Crippen LogP contribution in [-0.2, 0) is 13.6 Å². The highest BCUT2D eigenvalue weighted by Gasteiger charge is 2.26. The van der Waals surface area contributed by atoms with E-state index in [1.807, 2.05) is 29.8 Å². The van der Waals surface area contributed by atoms with E-state index in [0.717, 1.165) is 63.6 Å². The molecule has 0 saturated carbocycles. The second-order valence-electron chi connectivity index (χ2n) is 8.52. The van der Waals surface area contributed by atoms with Crippen molar-refractivity contribution in [3.63, 3.8) is 0 Å². The Kier molecular flexibility index (Phi) is 5.37. The lowest BCUT2D eigenvalue weighted by molar-refractivity contribution is 0.495. The van der Waals surface area contributed by atoms with Crippen molar-refractivity contribution in [1.82, 2.24) is 24.4 Å². The molecule has 9 heteroatoms. The predicted molar refractivity (Wildman–Crippen MR) is 123 cm³/mol. The number of hydrogen-bond acceptors (Lipinski definition) is 7. The molecule has 2 fully saturated rings. The van der Waals surface area contributed by atoms with Crippen LogP contribution in [0.3, 0.4) is 0 Å². The molecule has 1 atom stereocenters. The van der Waals surface area contributed by atoms with Gasteiger partial charge in [0.2, 0.25) is 11.9 Å². The number of piperidine rings is 1. The maximum atomic E-state index is 13.5. The smallest absolute Gasteiger partial charge is 0.281 e. The molecule has 5 rings (SSSR count). The first-order valence-corrected chi connectivity index (χ1v) is 11.1. The maximum absolute atomic E-state index is 13.5. The highest BCUT2D eigenvalue weighted by molar-refractivity contribution is 5.76. The number of benzene rings is 1.